The SMILES string of the molecule is CC(C#N)n1c(-c2nonc2N)nc2ccccc21. The highest BCUT2D eigenvalue weighted by atomic mass is 16.6. The van der Waals surface area contributed by atoms with E-state index in [0.29, 0.717) is 11.5 Å². The maximum absolute atomic E-state index is 9.17. The van der Waals surface area contributed by atoms with Gasteiger partial charge in [0.15, 0.2) is 17.3 Å². The van der Waals surface area contributed by atoms with E-state index < -0.39 is 6.04 Å². The summed E-state index contributed by atoms with van der Waals surface area (Å²) in [6, 6.07) is 9.30. The summed E-state index contributed by atoms with van der Waals surface area (Å²) >= 11 is 0. The molecule has 2 aromatic heterocycles. The smallest absolute Gasteiger partial charge is 0.199 e. The molecule has 0 aliphatic heterocycles. The van der Waals surface area contributed by atoms with E-state index in [2.05, 4.69) is 26.0 Å². The third-order valence-electron chi connectivity index (χ3n) is 2.90. The van der Waals surface area contributed by atoms with Crippen LogP contribution in [0, 0.1) is 11.3 Å². The Bertz CT molecular complexity index is 781. The highest BCUT2D eigenvalue weighted by Crippen LogP contribution is 2.29. The summed E-state index contributed by atoms with van der Waals surface area (Å²) in [5, 5.41) is 16.5. The van der Waals surface area contributed by atoms with Gasteiger partial charge in [-0.05, 0) is 29.4 Å². The number of benzene rings is 1. The van der Waals surface area contributed by atoms with Crippen molar-refractivity contribution >= 4 is 16.9 Å². The standard InChI is InChI=1S/C12H10N6O/c1-7(6-13)18-9-5-3-2-4-8(9)15-12(18)10-11(14)17-19-16-10/h2-5,7H,1H3,(H2,14,17). The Labute approximate surface area is 108 Å². The van der Waals surface area contributed by atoms with Crippen LogP contribution in [-0.4, -0.2) is 19.9 Å². The van der Waals surface area contributed by atoms with Crippen molar-refractivity contribution in [3.8, 4) is 17.6 Å². The number of hydrogen-bond acceptors (Lipinski definition) is 6. The lowest BCUT2D eigenvalue weighted by Gasteiger charge is -2.09. The summed E-state index contributed by atoms with van der Waals surface area (Å²) in [6.45, 7) is 1.78. The van der Waals surface area contributed by atoms with Crippen LogP contribution in [0.3, 0.4) is 0 Å². The van der Waals surface area contributed by atoms with Gasteiger partial charge in [0, 0.05) is 0 Å². The number of para-hydroxylation sites is 2. The zero-order valence-corrected chi connectivity index (χ0v) is 10.1. The maximum Gasteiger partial charge on any atom is 0.199 e. The minimum atomic E-state index is -0.404. The van der Waals surface area contributed by atoms with E-state index in [0.717, 1.165) is 11.0 Å². The molecule has 19 heavy (non-hydrogen) atoms. The van der Waals surface area contributed by atoms with Crippen LogP contribution in [-0.2, 0) is 0 Å². The molecule has 1 unspecified atom stereocenters. The molecule has 0 radical (unpaired) electrons. The molecule has 0 saturated carbocycles. The first-order valence-corrected chi connectivity index (χ1v) is 5.67. The molecule has 0 saturated heterocycles. The molecule has 1 aromatic carbocycles. The first-order chi connectivity index (χ1) is 9.22. The predicted octanol–water partition coefficient (Wildman–Crippen LogP) is 1.75. The van der Waals surface area contributed by atoms with Gasteiger partial charge in [-0.3, -0.25) is 0 Å². The Morgan fingerprint density at radius 3 is 2.84 bits per heavy atom. The number of hydrogen-bond donors (Lipinski definition) is 1. The molecule has 1 atom stereocenters. The first-order valence-electron chi connectivity index (χ1n) is 5.67. The topological polar surface area (TPSA) is 107 Å². The summed E-state index contributed by atoms with van der Waals surface area (Å²) in [5.74, 6) is 0.635. The van der Waals surface area contributed by atoms with E-state index >= 15 is 0 Å². The first kappa shape index (κ1) is 11.2. The van der Waals surface area contributed by atoms with Gasteiger partial charge in [-0.25, -0.2) is 9.61 Å². The molecule has 2 N–H and O–H groups in total. The van der Waals surface area contributed by atoms with Gasteiger partial charge in [-0.15, -0.1) is 0 Å². The van der Waals surface area contributed by atoms with Crippen molar-refractivity contribution in [2.24, 2.45) is 0 Å². The molecule has 94 valence electrons. The Morgan fingerprint density at radius 1 is 1.37 bits per heavy atom. The van der Waals surface area contributed by atoms with E-state index in [1.54, 1.807) is 11.5 Å². The zero-order chi connectivity index (χ0) is 13.4. The molecule has 0 fully saturated rings. The van der Waals surface area contributed by atoms with Crippen LogP contribution < -0.4 is 5.73 Å². The molecule has 0 aliphatic rings. The van der Waals surface area contributed by atoms with E-state index in [1.165, 1.54) is 0 Å². The minimum absolute atomic E-state index is 0.154. The molecule has 0 amide bonds. The maximum atomic E-state index is 9.17. The molecule has 0 spiro atoms. The third-order valence-corrected chi connectivity index (χ3v) is 2.90. The van der Waals surface area contributed by atoms with Crippen molar-refractivity contribution in [1.82, 2.24) is 19.9 Å². The van der Waals surface area contributed by atoms with E-state index in [9.17, 15) is 0 Å². The average Bonchev–Trinajstić information content (AvgIpc) is 3.00. The van der Waals surface area contributed by atoms with Crippen LogP contribution in [0.15, 0.2) is 28.9 Å². The number of nitrogen functional groups attached to an aromatic ring is 1. The lowest BCUT2D eigenvalue weighted by molar-refractivity contribution is 0.310. The number of aromatic nitrogens is 4. The van der Waals surface area contributed by atoms with Gasteiger partial charge in [-0.2, -0.15) is 5.26 Å². The lowest BCUT2D eigenvalue weighted by atomic mass is 10.3. The number of fused-ring (bicyclic) bond motifs is 1. The molecule has 7 heteroatoms. The highest BCUT2D eigenvalue weighted by Gasteiger charge is 2.21. The van der Waals surface area contributed by atoms with Crippen LogP contribution >= 0.6 is 0 Å². The van der Waals surface area contributed by atoms with E-state index in [4.69, 9.17) is 11.0 Å². The van der Waals surface area contributed by atoms with E-state index in [1.807, 2.05) is 24.3 Å². The largest absolute Gasteiger partial charge is 0.379 e. The summed E-state index contributed by atoms with van der Waals surface area (Å²) in [5.41, 5.74) is 7.65. The number of nitriles is 1. The molecule has 0 bridgehead atoms. The van der Waals surface area contributed by atoms with Crippen LogP contribution in [0.1, 0.15) is 13.0 Å². The van der Waals surface area contributed by atoms with Crippen LogP contribution in [0.4, 0.5) is 5.82 Å². The minimum Gasteiger partial charge on any atom is -0.379 e. The Balaban J connectivity index is 2.36. The van der Waals surface area contributed by atoms with Gasteiger partial charge in [0.25, 0.3) is 0 Å². The molecule has 3 aromatic rings. The zero-order valence-electron chi connectivity index (χ0n) is 10.1. The molecular formula is C12H10N6O. The second-order valence-corrected chi connectivity index (χ2v) is 4.10. The Kier molecular flexibility index (Phi) is 2.42. The summed E-state index contributed by atoms with van der Waals surface area (Å²) in [6.07, 6.45) is 0. The fourth-order valence-electron chi connectivity index (χ4n) is 2.01. The van der Waals surface area contributed by atoms with Crippen molar-refractivity contribution in [2.45, 2.75) is 13.0 Å². The lowest BCUT2D eigenvalue weighted by Crippen LogP contribution is -2.05. The second-order valence-electron chi connectivity index (χ2n) is 4.10. The third kappa shape index (κ3) is 1.62. The van der Waals surface area contributed by atoms with E-state index in [-0.39, 0.29) is 5.82 Å². The normalized spacial score (nSPS) is 12.4. The number of nitrogens with two attached hydrogens (primary N) is 1. The number of anilines is 1. The summed E-state index contributed by atoms with van der Waals surface area (Å²) < 4.78 is 6.37. The highest BCUT2D eigenvalue weighted by molar-refractivity contribution is 5.81. The van der Waals surface area contributed by atoms with Gasteiger partial charge in [0.05, 0.1) is 17.1 Å². The van der Waals surface area contributed by atoms with Crippen molar-refractivity contribution in [1.29, 1.82) is 5.26 Å². The predicted molar refractivity (Wildman–Crippen MR) is 67.8 cm³/mol. The quantitative estimate of drug-likeness (QED) is 0.746. The molecule has 0 aliphatic carbocycles. The molecule has 7 nitrogen and oxygen atoms in total. The number of rotatable bonds is 2. The average molecular weight is 254 g/mol. The van der Waals surface area contributed by atoms with Crippen molar-refractivity contribution in [3.05, 3.63) is 24.3 Å². The van der Waals surface area contributed by atoms with Gasteiger partial charge < -0.3 is 10.3 Å². The Morgan fingerprint density at radius 2 is 2.16 bits per heavy atom. The van der Waals surface area contributed by atoms with Crippen molar-refractivity contribution in [2.75, 3.05) is 5.73 Å². The monoisotopic (exact) mass is 254 g/mol. The summed E-state index contributed by atoms with van der Waals surface area (Å²) in [7, 11) is 0. The number of nitrogens with zero attached hydrogens (tertiary/aromatic N) is 5. The molecule has 2 heterocycles. The van der Waals surface area contributed by atoms with Gasteiger partial charge >= 0.3 is 0 Å². The van der Waals surface area contributed by atoms with Gasteiger partial charge in [0.1, 0.15) is 6.04 Å². The van der Waals surface area contributed by atoms with Crippen LogP contribution in [0.5, 0.6) is 0 Å². The molecule has 3 rings (SSSR count). The number of imidazole rings is 1. The Hall–Kier alpha value is -2.88. The van der Waals surface area contributed by atoms with Crippen LogP contribution in [0.2, 0.25) is 0 Å². The van der Waals surface area contributed by atoms with Gasteiger partial charge in [0.2, 0.25) is 0 Å². The molecular weight excluding hydrogens is 244 g/mol. The van der Waals surface area contributed by atoms with Crippen molar-refractivity contribution in [3.63, 3.8) is 0 Å². The van der Waals surface area contributed by atoms with Crippen molar-refractivity contribution < 1.29 is 4.63 Å². The van der Waals surface area contributed by atoms with Gasteiger partial charge in [-0.1, -0.05) is 12.1 Å². The fraction of sp³-hybridized carbons (Fsp3) is 0.167. The fourth-order valence-corrected chi connectivity index (χ4v) is 2.01. The second kappa shape index (κ2) is 4.10. The van der Waals surface area contributed by atoms with Crippen LogP contribution in [0.25, 0.3) is 22.6 Å². The summed E-state index contributed by atoms with van der Waals surface area (Å²) in [4.78, 5) is 4.45.